The molecule has 0 spiro atoms. The summed E-state index contributed by atoms with van der Waals surface area (Å²) >= 11 is 1.60. The number of rotatable bonds is 4. The molecule has 3 rings (SSSR count). The molecule has 1 aliphatic rings. The molecule has 1 N–H and O–H groups in total. The normalized spacial score (nSPS) is 17.0. The van der Waals surface area contributed by atoms with Crippen molar-refractivity contribution in [2.75, 3.05) is 11.9 Å². The maximum absolute atomic E-state index is 11.9. The van der Waals surface area contributed by atoms with E-state index in [1.807, 2.05) is 20.2 Å². The van der Waals surface area contributed by atoms with Crippen molar-refractivity contribution in [3.63, 3.8) is 0 Å². The molecule has 0 fully saturated rings. The molecule has 0 aliphatic heterocycles. The van der Waals surface area contributed by atoms with E-state index in [1.165, 1.54) is 4.88 Å². The van der Waals surface area contributed by atoms with Gasteiger partial charge in [0.15, 0.2) is 5.13 Å². The number of nitrogens with one attached hydrogen (secondary N) is 1. The van der Waals surface area contributed by atoms with E-state index in [0.717, 1.165) is 29.4 Å². The minimum Gasteiger partial charge on any atom is -0.465 e. The van der Waals surface area contributed by atoms with Crippen LogP contribution >= 0.6 is 11.3 Å². The zero-order valence-corrected chi connectivity index (χ0v) is 12.2. The van der Waals surface area contributed by atoms with Crippen LogP contribution in [-0.2, 0) is 23.0 Å². The molecule has 1 atom stereocenters. The predicted octanol–water partition coefficient (Wildman–Crippen LogP) is 2.21. The maximum Gasteiger partial charge on any atom is 0.315 e. The van der Waals surface area contributed by atoms with Gasteiger partial charge in [0.25, 0.3) is 0 Å². The third-order valence-electron chi connectivity index (χ3n) is 3.24. The Balaban J connectivity index is 1.77. The van der Waals surface area contributed by atoms with Crippen LogP contribution in [0, 0.1) is 0 Å². The Morgan fingerprint density at radius 3 is 3.20 bits per heavy atom. The van der Waals surface area contributed by atoms with Gasteiger partial charge < -0.3 is 10.1 Å². The Bertz CT molecular complexity index is 634. The van der Waals surface area contributed by atoms with Gasteiger partial charge in [-0.1, -0.05) is 0 Å². The second-order valence-corrected chi connectivity index (χ2v) is 5.78. The molecule has 0 aromatic carbocycles. The highest BCUT2D eigenvalue weighted by Gasteiger charge is 2.33. The van der Waals surface area contributed by atoms with Crippen LogP contribution in [-0.4, -0.2) is 27.3 Å². The molecule has 20 heavy (non-hydrogen) atoms. The van der Waals surface area contributed by atoms with E-state index in [4.69, 9.17) is 4.74 Å². The fourth-order valence-corrected chi connectivity index (χ4v) is 3.42. The van der Waals surface area contributed by atoms with Gasteiger partial charge in [0.05, 0.1) is 24.2 Å². The minimum absolute atomic E-state index is 0.163. The highest BCUT2D eigenvalue weighted by molar-refractivity contribution is 7.15. The molecule has 0 radical (unpaired) electrons. The summed E-state index contributed by atoms with van der Waals surface area (Å²) in [5.41, 5.74) is 1.77. The largest absolute Gasteiger partial charge is 0.465 e. The SMILES string of the molecule is CCOC(=O)C1CCc2sc(Nc3cnn(C)c3)nc21. The lowest BCUT2D eigenvalue weighted by atomic mass is 10.1. The molecule has 7 heteroatoms. The van der Waals surface area contributed by atoms with Gasteiger partial charge in [-0.25, -0.2) is 4.98 Å². The lowest BCUT2D eigenvalue weighted by Crippen LogP contribution is -2.14. The van der Waals surface area contributed by atoms with Crippen molar-refractivity contribution in [2.45, 2.75) is 25.7 Å². The molecule has 0 saturated heterocycles. The summed E-state index contributed by atoms with van der Waals surface area (Å²) in [6, 6.07) is 0. The number of carbonyl (C=O) groups is 1. The molecule has 1 unspecified atom stereocenters. The second kappa shape index (κ2) is 5.24. The van der Waals surface area contributed by atoms with Gasteiger partial charge in [-0.15, -0.1) is 11.3 Å². The second-order valence-electron chi connectivity index (χ2n) is 4.70. The molecule has 1 aliphatic carbocycles. The molecule has 0 bridgehead atoms. The molecule has 106 valence electrons. The Kier molecular flexibility index (Phi) is 3.43. The van der Waals surface area contributed by atoms with Gasteiger partial charge >= 0.3 is 5.97 Å². The fraction of sp³-hybridized carbons (Fsp3) is 0.462. The Hall–Kier alpha value is -1.89. The van der Waals surface area contributed by atoms with Crippen molar-refractivity contribution >= 4 is 28.1 Å². The minimum atomic E-state index is -0.203. The van der Waals surface area contributed by atoms with E-state index in [9.17, 15) is 4.79 Å². The van der Waals surface area contributed by atoms with Crippen LogP contribution in [0.4, 0.5) is 10.8 Å². The van der Waals surface area contributed by atoms with Gasteiger partial charge in [0.2, 0.25) is 0 Å². The van der Waals surface area contributed by atoms with Crippen molar-refractivity contribution in [1.82, 2.24) is 14.8 Å². The Labute approximate surface area is 120 Å². The number of hydrogen-bond donors (Lipinski definition) is 1. The summed E-state index contributed by atoms with van der Waals surface area (Å²) in [5, 5.41) is 8.12. The van der Waals surface area contributed by atoms with Crippen LogP contribution in [0.1, 0.15) is 29.8 Å². The molecule has 6 nitrogen and oxygen atoms in total. The lowest BCUT2D eigenvalue weighted by Gasteiger charge is -2.07. The number of anilines is 2. The first-order chi connectivity index (χ1) is 9.67. The van der Waals surface area contributed by atoms with E-state index >= 15 is 0 Å². The zero-order valence-electron chi connectivity index (χ0n) is 11.4. The molecule has 2 heterocycles. The summed E-state index contributed by atoms with van der Waals surface area (Å²) in [6.45, 7) is 2.24. The number of aryl methyl sites for hydroxylation is 2. The fourth-order valence-electron chi connectivity index (χ4n) is 2.36. The van der Waals surface area contributed by atoms with Crippen LogP contribution < -0.4 is 5.32 Å². The molecule has 0 saturated carbocycles. The van der Waals surface area contributed by atoms with Gasteiger partial charge in [-0.2, -0.15) is 5.10 Å². The topological polar surface area (TPSA) is 69.0 Å². The van der Waals surface area contributed by atoms with E-state index in [0.29, 0.717) is 6.61 Å². The summed E-state index contributed by atoms with van der Waals surface area (Å²) in [7, 11) is 1.86. The molecular formula is C13H16N4O2S. The number of esters is 1. The van der Waals surface area contributed by atoms with Crippen molar-refractivity contribution in [2.24, 2.45) is 7.05 Å². The number of nitrogens with zero attached hydrogens (tertiary/aromatic N) is 3. The van der Waals surface area contributed by atoms with Crippen LogP contribution in [0.3, 0.4) is 0 Å². The zero-order chi connectivity index (χ0) is 14.1. The average molecular weight is 292 g/mol. The van der Waals surface area contributed by atoms with Crippen molar-refractivity contribution in [1.29, 1.82) is 0 Å². The molecular weight excluding hydrogens is 276 g/mol. The standard InChI is InChI=1S/C13H16N4O2S/c1-3-19-12(18)9-4-5-10-11(9)16-13(20-10)15-8-6-14-17(2)7-8/h6-7,9H,3-5H2,1-2H3,(H,15,16). The van der Waals surface area contributed by atoms with Crippen LogP contribution in [0.15, 0.2) is 12.4 Å². The van der Waals surface area contributed by atoms with E-state index in [2.05, 4.69) is 15.4 Å². The maximum atomic E-state index is 11.9. The van der Waals surface area contributed by atoms with Crippen molar-refractivity contribution < 1.29 is 9.53 Å². The highest BCUT2D eigenvalue weighted by atomic mass is 32.1. The molecule has 0 amide bonds. The lowest BCUT2D eigenvalue weighted by molar-refractivity contribution is -0.145. The number of fused-ring (bicyclic) bond motifs is 1. The molecule has 2 aromatic heterocycles. The predicted molar refractivity (Wildman–Crippen MR) is 76.3 cm³/mol. The summed E-state index contributed by atoms with van der Waals surface area (Å²) in [5.74, 6) is -0.366. The van der Waals surface area contributed by atoms with Crippen LogP contribution in [0.2, 0.25) is 0 Å². The van der Waals surface area contributed by atoms with E-state index in [1.54, 1.807) is 22.2 Å². The van der Waals surface area contributed by atoms with Gasteiger partial charge in [0.1, 0.15) is 5.92 Å². The first kappa shape index (κ1) is 13.1. The average Bonchev–Trinajstić information content (AvgIpc) is 3.05. The van der Waals surface area contributed by atoms with Crippen molar-refractivity contribution in [3.8, 4) is 0 Å². The third kappa shape index (κ3) is 2.40. The number of ether oxygens (including phenoxy) is 1. The Morgan fingerprint density at radius 2 is 2.50 bits per heavy atom. The third-order valence-corrected chi connectivity index (χ3v) is 4.29. The number of carbonyl (C=O) groups excluding carboxylic acids is 1. The quantitative estimate of drug-likeness (QED) is 0.875. The Morgan fingerprint density at radius 1 is 1.65 bits per heavy atom. The number of aromatic nitrogens is 3. The smallest absolute Gasteiger partial charge is 0.315 e. The molecule has 2 aromatic rings. The van der Waals surface area contributed by atoms with Gasteiger partial charge in [-0.3, -0.25) is 9.48 Å². The number of hydrogen-bond acceptors (Lipinski definition) is 6. The first-order valence-corrected chi connectivity index (χ1v) is 7.41. The van der Waals surface area contributed by atoms with Crippen LogP contribution in [0.25, 0.3) is 0 Å². The highest BCUT2D eigenvalue weighted by Crippen LogP contribution is 2.39. The van der Waals surface area contributed by atoms with Gasteiger partial charge in [-0.05, 0) is 19.8 Å². The van der Waals surface area contributed by atoms with Gasteiger partial charge in [0, 0.05) is 18.1 Å². The van der Waals surface area contributed by atoms with Crippen LogP contribution in [0.5, 0.6) is 0 Å². The summed E-state index contributed by atoms with van der Waals surface area (Å²) in [6.07, 6.45) is 5.33. The van der Waals surface area contributed by atoms with E-state index < -0.39 is 0 Å². The first-order valence-electron chi connectivity index (χ1n) is 6.59. The van der Waals surface area contributed by atoms with Crippen molar-refractivity contribution in [3.05, 3.63) is 23.0 Å². The summed E-state index contributed by atoms with van der Waals surface area (Å²) < 4.78 is 6.83. The summed E-state index contributed by atoms with van der Waals surface area (Å²) in [4.78, 5) is 17.6. The monoisotopic (exact) mass is 292 g/mol. The van der Waals surface area contributed by atoms with E-state index in [-0.39, 0.29) is 11.9 Å². The number of thiazole rings is 1.